The summed E-state index contributed by atoms with van der Waals surface area (Å²) < 4.78 is 0. The van der Waals surface area contributed by atoms with E-state index in [0.29, 0.717) is 0 Å². The van der Waals surface area contributed by atoms with E-state index in [1.54, 1.807) is 0 Å². The maximum absolute atomic E-state index is 3.39. The molecule has 4 aromatic rings. The molecule has 0 amide bonds. The fourth-order valence-electron chi connectivity index (χ4n) is 3.11. The van der Waals surface area contributed by atoms with Crippen molar-refractivity contribution >= 4 is 21.8 Å². The van der Waals surface area contributed by atoms with Crippen LogP contribution < -0.4 is 0 Å². The Balaban J connectivity index is 1.63. The van der Waals surface area contributed by atoms with Gasteiger partial charge in [0, 0.05) is 34.2 Å². The Labute approximate surface area is 123 Å². The van der Waals surface area contributed by atoms with E-state index in [2.05, 4.69) is 71.7 Å². The average molecular weight is 274 g/mol. The van der Waals surface area contributed by atoms with E-state index in [9.17, 15) is 0 Å². The van der Waals surface area contributed by atoms with E-state index in [1.165, 1.54) is 38.5 Å². The molecule has 2 heteroatoms. The van der Waals surface area contributed by atoms with Gasteiger partial charge in [-0.2, -0.15) is 0 Å². The zero-order chi connectivity index (χ0) is 14.2. The highest BCUT2D eigenvalue weighted by Gasteiger charge is 2.07. The quantitative estimate of drug-likeness (QED) is 0.540. The lowest BCUT2D eigenvalue weighted by Crippen LogP contribution is -1.89. The van der Waals surface area contributed by atoms with Crippen molar-refractivity contribution in [1.29, 1.82) is 0 Å². The van der Waals surface area contributed by atoms with Gasteiger partial charge in [0.05, 0.1) is 0 Å². The van der Waals surface area contributed by atoms with Gasteiger partial charge in [-0.1, -0.05) is 30.3 Å². The Bertz CT molecular complexity index is 912. The van der Waals surface area contributed by atoms with Gasteiger partial charge in [0.2, 0.25) is 0 Å². The lowest BCUT2D eigenvalue weighted by atomic mass is 10.0. The van der Waals surface area contributed by atoms with Crippen LogP contribution in [0.2, 0.25) is 0 Å². The molecule has 2 nitrogen and oxygen atoms in total. The number of H-pyrrole nitrogens is 2. The molecule has 0 bridgehead atoms. The molecule has 2 aromatic heterocycles. The number of nitrogens with one attached hydrogen (secondary N) is 2. The molecular weight excluding hydrogens is 256 g/mol. The third kappa shape index (κ3) is 2.13. The molecule has 2 N–H and O–H groups in total. The number of para-hydroxylation sites is 1. The van der Waals surface area contributed by atoms with E-state index in [-0.39, 0.29) is 0 Å². The van der Waals surface area contributed by atoms with Crippen molar-refractivity contribution in [3.05, 3.63) is 71.5 Å². The molecule has 2 heterocycles. The fraction of sp³-hybridized carbons (Fsp3) is 0.158. The molecule has 21 heavy (non-hydrogen) atoms. The van der Waals surface area contributed by atoms with Gasteiger partial charge in [0.25, 0.3) is 0 Å². The second-order valence-corrected chi connectivity index (χ2v) is 5.72. The van der Waals surface area contributed by atoms with Crippen molar-refractivity contribution in [2.24, 2.45) is 0 Å². The van der Waals surface area contributed by atoms with Crippen LogP contribution in [0.5, 0.6) is 0 Å². The number of hydrogen-bond donors (Lipinski definition) is 2. The van der Waals surface area contributed by atoms with Crippen LogP contribution >= 0.6 is 0 Å². The minimum Gasteiger partial charge on any atom is -0.361 e. The Morgan fingerprint density at radius 2 is 1.43 bits per heavy atom. The van der Waals surface area contributed by atoms with Crippen LogP contribution in [0.25, 0.3) is 21.8 Å². The maximum Gasteiger partial charge on any atom is 0.0459 e. The molecule has 0 aliphatic carbocycles. The first-order valence-corrected chi connectivity index (χ1v) is 7.43. The van der Waals surface area contributed by atoms with Gasteiger partial charge < -0.3 is 9.97 Å². The highest BCUT2D eigenvalue weighted by atomic mass is 14.7. The molecule has 0 aliphatic rings. The number of rotatable bonds is 3. The van der Waals surface area contributed by atoms with Crippen molar-refractivity contribution in [2.75, 3.05) is 0 Å². The summed E-state index contributed by atoms with van der Waals surface area (Å²) in [5.74, 6) is 0. The van der Waals surface area contributed by atoms with E-state index >= 15 is 0 Å². The van der Waals surface area contributed by atoms with Gasteiger partial charge in [0.1, 0.15) is 0 Å². The predicted molar refractivity (Wildman–Crippen MR) is 88.7 cm³/mol. The first-order chi connectivity index (χ1) is 10.3. The van der Waals surface area contributed by atoms with Crippen LogP contribution in [0.1, 0.15) is 16.7 Å². The number of aromatic amines is 2. The fourth-order valence-corrected chi connectivity index (χ4v) is 3.11. The zero-order valence-electron chi connectivity index (χ0n) is 12.1. The minimum absolute atomic E-state index is 1.06. The summed E-state index contributed by atoms with van der Waals surface area (Å²) in [6, 6.07) is 15.1. The predicted octanol–water partition coefficient (Wildman–Crippen LogP) is 4.74. The third-order valence-corrected chi connectivity index (χ3v) is 4.26. The maximum atomic E-state index is 3.39. The molecule has 0 atom stereocenters. The van der Waals surface area contributed by atoms with Gasteiger partial charge in [-0.05, 0) is 48.6 Å². The van der Waals surface area contributed by atoms with Crippen LogP contribution in [0.4, 0.5) is 0 Å². The Kier molecular flexibility index (Phi) is 2.81. The van der Waals surface area contributed by atoms with Gasteiger partial charge >= 0.3 is 0 Å². The monoisotopic (exact) mass is 274 g/mol. The molecule has 0 radical (unpaired) electrons. The van der Waals surface area contributed by atoms with Gasteiger partial charge in [-0.3, -0.25) is 0 Å². The van der Waals surface area contributed by atoms with Crippen LogP contribution in [0.15, 0.2) is 54.9 Å². The van der Waals surface area contributed by atoms with Crippen LogP contribution in [-0.4, -0.2) is 9.97 Å². The lowest BCUT2D eigenvalue weighted by molar-refractivity contribution is 0.976. The number of fused-ring (bicyclic) bond motifs is 2. The summed E-state index contributed by atoms with van der Waals surface area (Å²) in [5, 5.41) is 2.69. The molecule has 4 rings (SSSR count). The largest absolute Gasteiger partial charge is 0.361 e. The SMILES string of the molecule is Cc1ccc2c(CCc3c[nH]c4ccccc34)c[nH]c2c1. The van der Waals surface area contributed by atoms with Crippen molar-refractivity contribution in [2.45, 2.75) is 19.8 Å². The van der Waals surface area contributed by atoms with E-state index in [1.807, 2.05) is 0 Å². The van der Waals surface area contributed by atoms with Crippen molar-refractivity contribution in [1.82, 2.24) is 9.97 Å². The highest BCUT2D eigenvalue weighted by molar-refractivity contribution is 5.85. The second kappa shape index (κ2) is 4.81. The Hall–Kier alpha value is -2.48. The van der Waals surface area contributed by atoms with Gasteiger partial charge in [0.15, 0.2) is 0 Å². The van der Waals surface area contributed by atoms with Crippen molar-refractivity contribution in [3.8, 4) is 0 Å². The Morgan fingerprint density at radius 1 is 0.762 bits per heavy atom. The zero-order valence-corrected chi connectivity index (χ0v) is 12.1. The summed E-state index contributed by atoms with van der Waals surface area (Å²) in [4.78, 5) is 6.74. The van der Waals surface area contributed by atoms with Crippen LogP contribution in [0.3, 0.4) is 0 Å². The molecule has 2 aromatic carbocycles. The smallest absolute Gasteiger partial charge is 0.0459 e. The number of benzene rings is 2. The Morgan fingerprint density at radius 3 is 2.24 bits per heavy atom. The van der Waals surface area contributed by atoms with Gasteiger partial charge in [-0.25, -0.2) is 0 Å². The summed E-state index contributed by atoms with van der Waals surface area (Å²) in [7, 11) is 0. The average Bonchev–Trinajstić information content (AvgIpc) is 3.08. The van der Waals surface area contributed by atoms with E-state index < -0.39 is 0 Å². The second-order valence-electron chi connectivity index (χ2n) is 5.72. The normalized spacial score (nSPS) is 11.5. The summed E-state index contributed by atoms with van der Waals surface area (Å²) in [6.45, 7) is 2.13. The number of aromatic nitrogens is 2. The molecule has 104 valence electrons. The molecule has 0 saturated carbocycles. The standard InChI is InChI=1S/C19H18N2/c1-13-6-9-17-15(12-21-19(17)10-13)8-7-14-11-20-18-5-3-2-4-16(14)18/h2-6,9-12,20-21H,7-8H2,1H3. The summed E-state index contributed by atoms with van der Waals surface area (Å²) >= 11 is 0. The summed E-state index contributed by atoms with van der Waals surface area (Å²) in [5.41, 5.74) is 6.56. The highest BCUT2D eigenvalue weighted by Crippen LogP contribution is 2.23. The number of aryl methyl sites for hydroxylation is 3. The number of hydrogen-bond acceptors (Lipinski definition) is 0. The van der Waals surface area contributed by atoms with Crippen molar-refractivity contribution in [3.63, 3.8) is 0 Å². The van der Waals surface area contributed by atoms with E-state index in [4.69, 9.17) is 0 Å². The summed E-state index contributed by atoms with van der Waals surface area (Å²) in [6.07, 6.45) is 6.42. The first-order valence-electron chi connectivity index (χ1n) is 7.43. The van der Waals surface area contributed by atoms with Crippen LogP contribution in [-0.2, 0) is 12.8 Å². The molecule has 0 unspecified atom stereocenters. The lowest BCUT2D eigenvalue weighted by Gasteiger charge is -2.00. The van der Waals surface area contributed by atoms with Crippen molar-refractivity contribution < 1.29 is 0 Å². The minimum atomic E-state index is 1.06. The molecule has 0 aliphatic heterocycles. The topological polar surface area (TPSA) is 31.6 Å². The van der Waals surface area contributed by atoms with Crippen LogP contribution in [0, 0.1) is 6.92 Å². The first kappa shape index (κ1) is 12.3. The third-order valence-electron chi connectivity index (χ3n) is 4.26. The molecule has 0 spiro atoms. The van der Waals surface area contributed by atoms with E-state index in [0.717, 1.165) is 12.8 Å². The molecule has 0 saturated heterocycles. The molecule has 0 fully saturated rings. The molecular formula is C19H18N2. The van der Waals surface area contributed by atoms with Gasteiger partial charge in [-0.15, -0.1) is 0 Å².